The molecule has 3 rings (SSSR count). The molecule has 8 nitrogen and oxygen atoms in total. The van der Waals surface area contributed by atoms with Gasteiger partial charge in [-0.15, -0.1) is 0 Å². The molecule has 0 saturated carbocycles. The minimum atomic E-state index is -0.313. The number of aromatic nitrogens is 4. The van der Waals surface area contributed by atoms with Crippen LogP contribution in [0.4, 0.5) is 5.95 Å². The highest BCUT2D eigenvalue weighted by Gasteiger charge is 2.10. The number of amides is 1. The quantitative estimate of drug-likeness (QED) is 0.733. The van der Waals surface area contributed by atoms with Gasteiger partial charge in [0.2, 0.25) is 11.9 Å². The highest BCUT2D eigenvalue weighted by molar-refractivity contribution is 5.79. The van der Waals surface area contributed by atoms with E-state index in [-0.39, 0.29) is 24.6 Å². The smallest absolute Gasteiger partial charge is 0.269 e. The third kappa shape index (κ3) is 3.85. The molecule has 0 unspecified atom stereocenters. The van der Waals surface area contributed by atoms with Crippen LogP contribution in [0.25, 0.3) is 11.0 Å². The number of hydrogen-bond donors (Lipinski definition) is 1. The Morgan fingerprint density at radius 2 is 2.00 bits per heavy atom. The molecule has 0 aliphatic carbocycles. The van der Waals surface area contributed by atoms with Crippen LogP contribution in [0.5, 0.6) is 0 Å². The molecule has 1 aromatic carbocycles. The number of hydrogen-bond acceptors (Lipinski definition) is 6. The summed E-state index contributed by atoms with van der Waals surface area (Å²) in [5.74, 6) is 0.316. The van der Waals surface area contributed by atoms with Crippen LogP contribution in [0.2, 0.25) is 0 Å². The van der Waals surface area contributed by atoms with Crippen LogP contribution in [0.1, 0.15) is 11.4 Å². The maximum Gasteiger partial charge on any atom is 0.269 e. The van der Waals surface area contributed by atoms with Crippen LogP contribution in [-0.2, 0) is 17.9 Å². The van der Waals surface area contributed by atoms with Crippen molar-refractivity contribution in [2.75, 3.05) is 19.0 Å². The Morgan fingerprint density at radius 1 is 1.23 bits per heavy atom. The van der Waals surface area contributed by atoms with Gasteiger partial charge in [0, 0.05) is 19.8 Å². The van der Waals surface area contributed by atoms with E-state index in [0.717, 1.165) is 5.69 Å². The Kier molecular flexibility index (Phi) is 4.92. The predicted octanol–water partition coefficient (Wildman–Crippen LogP) is 0.877. The van der Waals surface area contributed by atoms with Gasteiger partial charge < -0.3 is 10.2 Å². The number of fused-ring (bicyclic) bond motifs is 1. The van der Waals surface area contributed by atoms with Gasteiger partial charge in [-0.25, -0.2) is 15.0 Å². The van der Waals surface area contributed by atoms with Crippen LogP contribution in [0.3, 0.4) is 0 Å². The molecule has 1 N–H and O–H groups in total. The first-order chi connectivity index (χ1) is 12.4. The number of aryl methyl sites for hydroxylation is 1. The van der Waals surface area contributed by atoms with E-state index in [1.807, 2.05) is 39.2 Å². The molecule has 2 heterocycles. The van der Waals surface area contributed by atoms with E-state index in [1.54, 1.807) is 17.0 Å². The zero-order valence-corrected chi connectivity index (χ0v) is 14.9. The summed E-state index contributed by atoms with van der Waals surface area (Å²) in [4.78, 5) is 39.1. The highest BCUT2D eigenvalue weighted by Crippen LogP contribution is 2.09. The topological polar surface area (TPSA) is 93.0 Å². The molecule has 0 spiro atoms. The number of nitrogens with one attached hydrogen (secondary N) is 1. The van der Waals surface area contributed by atoms with Gasteiger partial charge in [-0.1, -0.05) is 12.1 Å². The second-order valence-corrected chi connectivity index (χ2v) is 6.14. The zero-order valence-electron chi connectivity index (χ0n) is 14.9. The van der Waals surface area contributed by atoms with E-state index < -0.39 is 0 Å². The number of carbonyl (C=O) groups is 1. The lowest BCUT2D eigenvalue weighted by Crippen LogP contribution is -2.32. The lowest BCUT2D eigenvalue weighted by atomic mass is 10.3. The molecule has 0 radical (unpaired) electrons. The molecule has 134 valence electrons. The Labute approximate surface area is 150 Å². The lowest BCUT2D eigenvalue weighted by Gasteiger charge is -2.13. The first-order valence-corrected chi connectivity index (χ1v) is 8.17. The van der Waals surface area contributed by atoms with E-state index in [2.05, 4.69) is 20.3 Å². The van der Waals surface area contributed by atoms with Crippen molar-refractivity contribution < 1.29 is 4.79 Å². The summed E-state index contributed by atoms with van der Waals surface area (Å²) in [6, 6.07) is 9.04. The zero-order chi connectivity index (χ0) is 18.7. The summed E-state index contributed by atoms with van der Waals surface area (Å²) in [5.41, 5.74) is 2.52. The van der Waals surface area contributed by atoms with Gasteiger partial charge in [-0.3, -0.25) is 14.2 Å². The predicted molar refractivity (Wildman–Crippen MR) is 98.9 cm³/mol. The van der Waals surface area contributed by atoms with Gasteiger partial charge in [-0.2, -0.15) is 0 Å². The fraction of sp³-hybridized carbons (Fsp3) is 0.278. The van der Waals surface area contributed by atoms with Crippen LogP contribution in [0, 0.1) is 6.92 Å². The summed E-state index contributed by atoms with van der Waals surface area (Å²) >= 11 is 0. The minimum Gasteiger partial charge on any atom is -0.349 e. The summed E-state index contributed by atoms with van der Waals surface area (Å²) in [5, 5.41) is 2.80. The summed E-state index contributed by atoms with van der Waals surface area (Å²) in [6.07, 6.45) is 1.23. The maximum atomic E-state index is 12.3. The van der Waals surface area contributed by atoms with E-state index in [4.69, 9.17) is 0 Å². The number of rotatable bonds is 5. The third-order valence-electron chi connectivity index (χ3n) is 3.82. The van der Waals surface area contributed by atoms with Crippen molar-refractivity contribution in [3.05, 3.63) is 58.3 Å². The molecule has 0 fully saturated rings. The Balaban J connectivity index is 1.75. The summed E-state index contributed by atoms with van der Waals surface area (Å²) < 4.78 is 1.41. The Morgan fingerprint density at radius 3 is 2.77 bits per heavy atom. The molecule has 0 aliphatic rings. The number of nitrogens with zero attached hydrogens (tertiary/aromatic N) is 5. The van der Waals surface area contributed by atoms with Crippen molar-refractivity contribution in [2.24, 2.45) is 0 Å². The van der Waals surface area contributed by atoms with Crippen LogP contribution < -0.4 is 15.8 Å². The molecule has 0 atom stereocenters. The monoisotopic (exact) mass is 352 g/mol. The highest BCUT2D eigenvalue weighted by atomic mass is 16.2. The van der Waals surface area contributed by atoms with Crippen molar-refractivity contribution in [2.45, 2.75) is 20.0 Å². The van der Waals surface area contributed by atoms with Gasteiger partial charge >= 0.3 is 0 Å². The Bertz CT molecular complexity index is 1010. The molecule has 26 heavy (non-hydrogen) atoms. The molecule has 0 saturated heterocycles. The average Bonchev–Trinajstić information content (AvgIpc) is 2.62. The van der Waals surface area contributed by atoms with Crippen LogP contribution >= 0.6 is 0 Å². The number of anilines is 1. The minimum absolute atomic E-state index is 0.0769. The molecule has 0 aliphatic heterocycles. The second-order valence-electron chi connectivity index (χ2n) is 6.14. The van der Waals surface area contributed by atoms with E-state index in [0.29, 0.717) is 22.7 Å². The van der Waals surface area contributed by atoms with Crippen molar-refractivity contribution >= 4 is 22.9 Å². The number of benzene rings is 1. The van der Waals surface area contributed by atoms with Crippen LogP contribution in [-0.4, -0.2) is 39.5 Å². The lowest BCUT2D eigenvalue weighted by molar-refractivity contribution is -0.121. The first kappa shape index (κ1) is 17.5. The largest absolute Gasteiger partial charge is 0.349 e. The van der Waals surface area contributed by atoms with Gasteiger partial charge in [-0.05, 0) is 25.1 Å². The third-order valence-corrected chi connectivity index (χ3v) is 3.82. The molecule has 1 amide bonds. The molecular formula is C18H20N6O2. The second kappa shape index (κ2) is 7.30. The standard InChI is InChI=1S/C18H20N6O2/c1-12-8-13(22-18(21-12)23(2)3)9-20-16(25)11-24-15-7-5-4-6-14(15)19-10-17(24)26/h4-8,10H,9,11H2,1-3H3,(H,20,25). The van der Waals surface area contributed by atoms with Gasteiger partial charge in [0.05, 0.1) is 29.5 Å². The number of para-hydroxylation sites is 2. The van der Waals surface area contributed by atoms with Crippen molar-refractivity contribution in [1.82, 2.24) is 24.8 Å². The van der Waals surface area contributed by atoms with Gasteiger partial charge in [0.25, 0.3) is 5.56 Å². The fourth-order valence-electron chi connectivity index (χ4n) is 2.57. The molecular weight excluding hydrogens is 332 g/mol. The molecule has 2 aromatic heterocycles. The van der Waals surface area contributed by atoms with Gasteiger partial charge in [0.1, 0.15) is 6.54 Å². The van der Waals surface area contributed by atoms with Crippen molar-refractivity contribution in [3.63, 3.8) is 0 Å². The summed E-state index contributed by atoms with van der Waals surface area (Å²) in [6.45, 7) is 2.07. The molecule has 0 bridgehead atoms. The normalized spacial score (nSPS) is 10.7. The molecule has 8 heteroatoms. The summed E-state index contributed by atoms with van der Waals surface area (Å²) in [7, 11) is 3.72. The van der Waals surface area contributed by atoms with E-state index >= 15 is 0 Å². The number of carbonyl (C=O) groups excluding carboxylic acids is 1. The van der Waals surface area contributed by atoms with Crippen LogP contribution in [0.15, 0.2) is 41.3 Å². The molecule has 3 aromatic rings. The Hall–Kier alpha value is -3.29. The SMILES string of the molecule is Cc1cc(CNC(=O)Cn2c(=O)cnc3ccccc32)nc(N(C)C)n1. The van der Waals surface area contributed by atoms with E-state index in [1.165, 1.54) is 10.8 Å². The maximum absolute atomic E-state index is 12.3. The fourth-order valence-corrected chi connectivity index (χ4v) is 2.57. The average molecular weight is 352 g/mol. The van der Waals surface area contributed by atoms with E-state index in [9.17, 15) is 9.59 Å². The van der Waals surface area contributed by atoms with Crippen molar-refractivity contribution in [1.29, 1.82) is 0 Å². The van der Waals surface area contributed by atoms with Gasteiger partial charge in [0.15, 0.2) is 0 Å². The first-order valence-electron chi connectivity index (χ1n) is 8.17. The van der Waals surface area contributed by atoms with Crippen molar-refractivity contribution in [3.8, 4) is 0 Å².